The highest BCUT2D eigenvalue weighted by molar-refractivity contribution is 7.89. The largest absolute Gasteiger partial charge is 0.379 e. The SMILES string of the molecule is O=S(=O)(c1ccc2c(c1)CCN2Cc1ccccc1Cc1ccc(Cl)cc1)N1CCOCC1. The van der Waals surface area contributed by atoms with Crippen molar-refractivity contribution in [3.63, 3.8) is 0 Å². The van der Waals surface area contributed by atoms with Gasteiger partial charge in [0.15, 0.2) is 0 Å². The Morgan fingerprint density at radius 2 is 1.61 bits per heavy atom. The fourth-order valence-electron chi connectivity index (χ4n) is 4.62. The first-order valence-corrected chi connectivity index (χ1v) is 13.1. The Bertz CT molecular complexity index is 1240. The summed E-state index contributed by atoms with van der Waals surface area (Å²) in [6.07, 6.45) is 1.70. The van der Waals surface area contributed by atoms with Crippen molar-refractivity contribution in [1.29, 1.82) is 0 Å². The standard InChI is InChI=1S/C26H27ClN2O3S/c27-24-7-5-20(6-8-24)17-21-3-1-2-4-23(21)19-28-12-11-22-18-25(9-10-26(22)28)33(30,31)29-13-15-32-16-14-29/h1-10,18H,11-17,19H2. The van der Waals surface area contributed by atoms with Crippen molar-refractivity contribution < 1.29 is 13.2 Å². The lowest BCUT2D eigenvalue weighted by atomic mass is 9.99. The van der Waals surface area contributed by atoms with Gasteiger partial charge < -0.3 is 9.64 Å². The average molecular weight is 483 g/mol. The van der Waals surface area contributed by atoms with E-state index in [2.05, 4.69) is 41.3 Å². The van der Waals surface area contributed by atoms with E-state index >= 15 is 0 Å². The molecular formula is C26H27ClN2O3S. The normalized spacial score (nSPS) is 16.7. The van der Waals surface area contributed by atoms with E-state index in [0.717, 1.165) is 42.2 Å². The molecule has 5 nitrogen and oxygen atoms in total. The van der Waals surface area contributed by atoms with Crippen molar-refractivity contribution in [3.05, 3.63) is 94.0 Å². The van der Waals surface area contributed by atoms with Crippen molar-refractivity contribution in [2.45, 2.75) is 24.3 Å². The molecule has 0 aromatic heterocycles. The highest BCUT2D eigenvalue weighted by Gasteiger charge is 2.28. The lowest BCUT2D eigenvalue weighted by Crippen LogP contribution is -2.40. The lowest BCUT2D eigenvalue weighted by molar-refractivity contribution is 0.0730. The summed E-state index contributed by atoms with van der Waals surface area (Å²) < 4.78 is 32.9. The highest BCUT2D eigenvalue weighted by atomic mass is 35.5. The van der Waals surface area contributed by atoms with Crippen molar-refractivity contribution in [3.8, 4) is 0 Å². The zero-order valence-electron chi connectivity index (χ0n) is 18.4. The van der Waals surface area contributed by atoms with Crippen molar-refractivity contribution in [1.82, 2.24) is 4.31 Å². The summed E-state index contributed by atoms with van der Waals surface area (Å²) in [7, 11) is -3.48. The van der Waals surface area contributed by atoms with Gasteiger partial charge in [0.25, 0.3) is 0 Å². The van der Waals surface area contributed by atoms with Gasteiger partial charge in [-0.3, -0.25) is 0 Å². The van der Waals surface area contributed by atoms with Crippen molar-refractivity contribution in [2.75, 3.05) is 37.7 Å². The van der Waals surface area contributed by atoms with Crippen molar-refractivity contribution in [2.24, 2.45) is 0 Å². The Morgan fingerprint density at radius 3 is 2.36 bits per heavy atom. The molecule has 5 rings (SSSR count). The molecule has 3 aromatic carbocycles. The first-order valence-electron chi connectivity index (χ1n) is 11.3. The zero-order valence-corrected chi connectivity index (χ0v) is 20.0. The van der Waals surface area contributed by atoms with Crippen LogP contribution < -0.4 is 4.90 Å². The predicted octanol–water partition coefficient (Wildman–Crippen LogP) is 4.51. The van der Waals surface area contributed by atoms with Crippen LogP contribution in [0.15, 0.2) is 71.6 Å². The van der Waals surface area contributed by atoms with Gasteiger partial charge in [-0.25, -0.2) is 8.42 Å². The molecule has 2 aliphatic rings. The molecule has 33 heavy (non-hydrogen) atoms. The summed E-state index contributed by atoms with van der Waals surface area (Å²) >= 11 is 6.04. The van der Waals surface area contributed by atoms with Gasteiger partial charge in [0.1, 0.15) is 0 Å². The number of morpholine rings is 1. The summed E-state index contributed by atoms with van der Waals surface area (Å²) in [5, 5.41) is 0.746. The van der Waals surface area contributed by atoms with Crippen LogP contribution in [-0.2, 0) is 34.1 Å². The van der Waals surface area contributed by atoms with Gasteiger partial charge in [-0.15, -0.1) is 0 Å². The molecule has 2 aliphatic heterocycles. The van der Waals surface area contributed by atoms with Crippen molar-refractivity contribution >= 4 is 27.3 Å². The third kappa shape index (κ3) is 4.80. The smallest absolute Gasteiger partial charge is 0.243 e. The quantitative estimate of drug-likeness (QED) is 0.518. The monoisotopic (exact) mass is 482 g/mol. The van der Waals surface area contributed by atoms with Gasteiger partial charge in [-0.2, -0.15) is 4.31 Å². The van der Waals surface area contributed by atoms with E-state index in [-0.39, 0.29) is 0 Å². The summed E-state index contributed by atoms with van der Waals surface area (Å²) in [5.41, 5.74) is 6.02. The number of hydrogen-bond acceptors (Lipinski definition) is 4. The molecule has 0 radical (unpaired) electrons. The summed E-state index contributed by atoms with van der Waals surface area (Å²) in [6, 6.07) is 22.1. The van der Waals surface area contributed by atoms with E-state index in [0.29, 0.717) is 31.2 Å². The molecule has 0 saturated carbocycles. The number of ether oxygens (including phenoxy) is 1. The molecule has 7 heteroatoms. The van der Waals surface area contributed by atoms with Gasteiger partial charge in [0.05, 0.1) is 18.1 Å². The van der Waals surface area contributed by atoms with Crippen LogP contribution in [0.2, 0.25) is 5.02 Å². The number of halogens is 1. The maximum absolute atomic E-state index is 13.0. The third-order valence-corrected chi connectivity index (χ3v) is 8.58. The first kappa shape index (κ1) is 22.4. The number of nitrogens with zero attached hydrogens (tertiary/aromatic N) is 2. The molecule has 0 atom stereocenters. The molecule has 0 bridgehead atoms. The van der Waals surface area contributed by atoms with Crippen LogP contribution in [-0.4, -0.2) is 45.6 Å². The minimum absolute atomic E-state index is 0.383. The molecule has 1 saturated heterocycles. The summed E-state index contributed by atoms with van der Waals surface area (Å²) in [5.74, 6) is 0. The van der Waals surface area contributed by atoms with Gasteiger partial charge in [-0.1, -0.05) is 48.0 Å². The van der Waals surface area contributed by atoms with E-state index in [4.69, 9.17) is 16.3 Å². The summed E-state index contributed by atoms with van der Waals surface area (Å²) in [4.78, 5) is 2.73. The minimum atomic E-state index is -3.48. The number of benzene rings is 3. The van der Waals surface area contributed by atoms with E-state index in [1.54, 1.807) is 6.07 Å². The van der Waals surface area contributed by atoms with E-state index in [1.807, 2.05) is 24.3 Å². The Kier molecular flexibility index (Phi) is 6.43. The molecule has 0 aliphatic carbocycles. The third-order valence-electron chi connectivity index (χ3n) is 6.44. The second-order valence-corrected chi connectivity index (χ2v) is 10.9. The van der Waals surface area contributed by atoms with Crippen LogP contribution in [0.4, 0.5) is 5.69 Å². The van der Waals surface area contributed by atoms with E-state index in [9.17, 15) is 8.42 Å². The Balaban J connectivity index is 1.35. The van der Waals surface area contributed by atoms with Crippen LogP contribution in [0, 0.1) is 0 Å². The number of anilines is 1. The average Bonchev–Trinajstić information content (AvgIpc) is 3.24. The zero-order chi connectivity index (χ0) is 22.8. The molecule has 2 heterocycles. The number of hydrogen-bond donors (Lipinski definition) is 0. The van der Waals surface area contributed by atoms with Crippen LogP contribution >= 0.6 is 11.6 Å². The Hall–Kier alpha value is -2.38. The second kappa shape index (κ2) is 9.47. The fourth-order valence-corrected chi connectivity index (χ4v) is 6.20. The molecule has 0 unspecified atom stereocenters. The molecule has 172 valence electrons. The lowest BCUT2D eigenvalue weighted by Gasteiger charge is -2.26. The van der Waals surface area contributed by atoms with Crippen LogP contribution in [0.25, 0.3) is 0 Å². The van der Waals surface area contributed by atoms with Gasteiger partial charge in [0, 0.05) is 36.9 Å². The van der Waals surface area contributed by atoms with Crippen LogP contribution in [0.5, 0.6) is 0 Å². The summed E-state index contributed by atoms with van der Waals surface area (Å²) in [6.45, 7) is 3.41. The van der Waals surface area contributed by atoms with Gasteiger partial charge in [0.2, 0.25) is 10.0 Å². The first-order chi connectivity index (χ1) is 16.0. The maximum atomic E-state index is 13.0. The van der Waals surface area contributed by atoms with Gasteiger partial charge >= 0.3 is 0 Å². The molecule has 0 spiro atoms. The Morgan fingerprint density at radius 1 is 0.879 bits per heavy atom. The predicted molar refractivity (Wildman–Crippen MR) is 131 cm³/mol. The van der Waals surface area contributed by atoms with Gasteiger partial charge in [-0.05, 0) is 65.4 Å². The molecular weight excluding hydrogens is 456 g/mol. The number of fused-ring (bicyclic) bond motifs is 1. The topological polar surface area (TPSA) is 49.9 Å². The Labute approximate surface area is 200 Å². The molecule has 0 N–H and O–H groups in total. The number of sulfonamides is 1. The minimum Gasteiger partial charge on any atom is -0.379 e. The fraction of sp³-hybridized carbons (Fsp3) is 0.308. The molecule has 1 fully saturated rings. The molecule has 0 amide bonds. The van der Waals surface area contributed by atoms with Crippen LogP contribution in [0.3, 0.4) is 0 Å². The van der Waals surface area contributed by atoms with Crippen LogP contribution in [0.1, 0.15) is 22.3 Å². The number of rotatable bonds is 6. The van der Waals surface area contributed by atoms with E-state index in [1.165, 1.54) is 21.0 Å². The second-order valence-electron chi connectivity index (χ2n) is 8.55. The van der Waals surface area contributed by atoms with E-state index < -0.39 is 10.0 Å². The molecule has 3 aromatic rings. The maximum Gasteiger partial charge on any atom is 0.243 e. The highest BCUT2D eigenvalue weighted by Crippen LogP contribution is 2.33.